The van der Waals surface area contributed by atoms with E-state index in [1.165, 1.54) is 6.20 Å². The molecule has 3 heterocycles. The van der Waals surface area contributed by atoms with Crippen LogP contribution in [0.2, 0.25) is 0 Å². The van der Waals surface area contributed by atoms with E-state index in [1.54, 1.807) is 10.9 Å². The number of fused-ring (bicyclic) bond motifs is 1. The van der Waals surface area contributed by atoms with Gasteiger partial charge >= 0.3 is 5.97 Å². The average Bonchev–Trinajstić information content (AvgIpc) is 2.83. The molecule has 0 saturated carbocycles. The van der Waals surface area contributed by atoms with Crippen LogP contribution in [0.25, 0.3) is 0 Å². The summed E-state index contributed by atoms with van der Waals surface area (Å²) in [4.78, 5) is 15.4. The topological polar surface area (TPSA) is 80.0 Å². The van der Waals surface area contributed by atoms with Crippen molar-refractivity contribution in [2.24, 2.45) is 0 Å². The number of nitrogens with zero attached hydrogens (tertiary/aromatic N) is 3. The Labute approximate surface area is 103 Å². The molecule has 0 saturated heterocycles. The number of nitrogens with one attached hydrogen (secondary N) is 1. The van der Waals surface area contributed by atoms with Crippen LogP contribution >= 0.6 is 0 Å². The molecule has 92 valence electrons. The summed E-state index contributed by atoms with van der Waals surface area (Å²) in [5.41, 5.74) is 1.11. The monoisotopic (exact) mass is 244 g/mol. The summed E-state index contributed by atoms with van der Waals surface area (Å²) in [6, 6.07) is 5.71. The van der Waals surface area contributed by atoms with Crippen molar-refractivity contribution in [3.05, 3.63) is 41.9 Å². The number of carboxylic acid groups (broad SMARTS) is 1. The highest BCUT2D eigenvalue weighted by Crippen LogP contribution is 2.30. The Kier molecular flexibility index (Phi) is 2.47. The molecule has 1 aliphatic rings. The van der Waals surface area contributed by atoms with Crippen molar-refractivity contribution in [1.82, 2.24) is 14.8 Å². The van der Waals surface area contributed by atoms with Gasteiger partial charge in [-0.3, -0.25) is 4.98 Å². The van der Waals surface area contributed by atoms with Gasteiger partial charge in [0.05, 0.1) is 17.9 Å². The Morgan fingerprint density at radius 3 is 3.11 bits per heavy atom. The average molecular weight is 244 g/mol. The number of anilines is 1. The molecule has 0 bridgehead atoms. The molecule has 0 spiro atoms. The third-order valence-corrected chi connectivity index (χ3v) is 3.06. The van der Waals surface area contributed by atoms with Crippen molar-refractivity contribution in [1.29, 1.82) is 0 Å². The standard InChI is InChI=1S/C12H12N4O2/c17-12(18)8-7-15-16-10(4-6-14-11(8)16)9-3-1-2-5-13-9/h1-3,5,7,10,14H,4,6H2,(H,17,18). The Bertz CT molecular complexity index is 579. The molecule has 6 nitrogen and oxygen atoms in total. The zero-order valence-corrected chi connectivity index (χ0v) is 9.58. The summed E-state index contributed by atoms with van der Waals surface area (Å²) in [6.07, 6.45) is 3.95. The summed E-state index contributed by atoms with van der Waals surface area (Å²) in [5, 5.41) is 16.3. The second-order valence-electron chi connectivity index (χ2n) is 4.14. The summed E-state index contributed by atoms with van der Waals surface area (Å²) < 4.78 is 1.70. The zero-order valence-electron chi connectivity index (χ0n) is 9.58. The quantitative estimate of drug-likeness (QED) is 0.834. The summed E-state index contributed by atoms with van der Waals surface area (Å²) >= 11 is 0. The Morgan fingerprint density at radius 2 is 2.39 bits per heavy atom. The van der Waals surface area contributed by atoms with Crippen LogP contribution in [0.1, 0.15) is 28.5 Å². The number of carboxylic acids is 1. The smallest absolute Gasteiger partial charge is 0.341 e. The van der Waals surface area contributed by atoms with Crippen LogP contribution in [0.15, 0.2) is 30.6 Å². The van der Waals surface area contributed by atoms with Gasteiger partial charge in [-0.15, -0.1) is 0 Å². The number of aromatic nitrogens is 3. The number of hydrogen-bond acceptors (Lipinski definition) is 4. The molecule has 0 aromatic carbocycles. The highest BCUT2D eigenvalue weighted by molar-refractivity contribution is 5.93. The third kappa shape index (κ3) is 1.62. The highest BCUT2D eigenvalue weighted by Gasteiger charge is 2.27. The minimum atomic E-state index is -0.967. The maximum atomic E-state index is 11.1. The van der Waals surface area contributed by atoms with Gasteiger partial charge in [0.2, 0.25) is 0 Å². The van der Waals surface area contributed by atoms with E-state index >= 15 is 0 Å². The maximum absolute atomic E-state index is 11.1. The first-order chi connectivity index (χ1) is 8.77. The minimum absolute atomic E-state index is 0.00412. The number of pyridine rings is 1. The predicted molar refractivity (Wildman–Crippen MR) is 64.7 cm³/mol. The molecule has 1 unspecified atom stereocenters. The molecule has 18 heavy (non-hydrogen) atoms. The molecule has 2 N–H and O–H groups in total. The van der Waals surface area contributed by atoms with E-state index in [0.29, 0.717) is 12.4 Å². The van der Waals surface area contributed by atoms with Gasteiger partial charge in [0.15, 0.2) is 0 Å². The van der Waals surface area contributed by atoms with E-state index in [9.17, 15) is 4.79 Å². The first-order valence-corrected chi connectivity index (χ1v) is 5.73. The minimum Gasteiger partial charge on any atom is -0.477 e. The third-order valence-electron chi connectivity index (χ3n) is 3.06. The second-order valence-corrected chi connectivity index (χ2v) is 4.14. The Hall–Kier alpha value is -2.37. The Balaban J connectivity index is 2.06. The molecule has 0 amide bonds. The second kappa shape index (κ2) is 4.14. The van der Waals surface area contributed by atoms with Crippen molar-refractivity contribution in [2.45, 2.75) is 12.5 Å². The van der Waals surface area contributed by atoms with E-state index in [2.05, 4.69) is 15.4 Å². The van der Waals surface area contributed by atoms with Gasteiger partial charge in [-0.2, -0.15) is 5.10 Å². The van der Waals surface area contributed by atoms with Gasteiger partial charge in [0.1, 0.15) is 11.4 Å². The van der Waals surface area contributed by atoms with Gasteiger partial charge in [0, 0.05) is 12.7 Å². The van der Waals surface area contributed by atoms with Crippen LogP contribution in [0.3, 0.4) is 0 Å². The summed E-state index contributed by atoms with van der Waals surface area (Å²) in [7, 11) is 0. The van der Waals surface area contributed by atoms with Crippen molar-refractivity contribution < 1.29 is 9.90 Å². The lowest BCUT2D eigenvalue weighted by Gasteiger charge is -2.25. The largest absolute Gasteiger partial charge is 0.477 e. The molecule has 1 atom stereocenters. The molecule has 0 fully saturated rings. The molecule has 6 heteroatoms. The van der Waals surface area contributed by atoms with E-state index in [0.717, 1.165) is 12.1 Å². The molecule has 1 aliphatic heterocycles. The fourth-order valence-electron chi connectivity index (χ4n) is 2.23. The highest BCUT2D eigenvalue weighted by atomic mass is 16.4. The first-order valence-electron chi connectivity index (χ1n) is 5.73. The van der Waals surface area contributed by atoms with Crippen LogP contribution in [0.4, 0.5) is 5.82 Å². The van der Waals surface area contributed by atoms with Crippen LogP contribution in [0.5, 0.6) is 0 Å². The molecule has 0 radical (unpaired) electrons. The van der Waals surface area contributed by atoms with Crippen LogP contribution < -0.4 is 5.32 Å². The van der Waals surface area contributed by atoms with E-state index < -0.39 is 5.97 Å². The van der Waals surface area contributed by atoms with E-state index in [4.69, 9.17) is 5.11 Å². The van der Waals surface area contributed by atoms with Gasteiger partial charge < -0.3 is 10.4 Å². The van der Waals surface area contributed by atoms with Crippen molar-refractivity contribution in [3.8, 4) is 0 Å². The van der Waals surface area contributed by atoms with Gasteiger partial charge in [0.25, 0.3) is 0 Å². The summed E-state index contributed by atoms with van der Waals surface area (Å²) in [5.74, 6) is -0.408. The van der Waals surface area contributed by atoms with E-state index in [-0.39, 0.29) is 11.6 Å². The summed E-state index contributed by atoms with van der Waals surface area (Å²) in [6.45, 7) is 0.715. The molecular formula is C12H12N4O2. The van der Waals surface area contributed by atoms with Crippen molar-refractivity contribution in [3.63, 3.8) is 0 Å². The number of hydrogen-bond donors (Lipinski definition) is 2. The van der Waals surface area contributed by atoms with Crippen molar-refractivity contribution in [2.75, 3.05) is 11.9 Å². The van der Waals surface area contributed by atoms with Crippen LogP contribution in [-0.2, 0) is 0 Å². The fraction of sp³-hybridized carbons (Fsp3) is 0.250. The van der Waals surface area contributed by atoms with E-state index in [1.807, 2.05) is 18.2 Å². The lowest BCUT2D eigenvalue weighted by molar-refractivity contribution is 0.0697. The lowest BCUT2D eigenvalue weighted by Crippen LogP contribution is -2.25. The number of carbonyl (C=O) groups is 1. The fourth-order valence-corrected chi connectivity index (χ4v) is 2.23. The molecule has 0 aliphatic carbocycles. The van der Waals surface area contributed by atoms with Gasteiger partial charge in [-0.05, 0) is 18.6 Å². The molecular weight excluding hydrogens is 232 g/mol. The molecule has 2 aromatic heterocycles. The lowest BCUT2D eigenvalue weighted by atomic mass is 10.1. The number of aromatic carboxylic acids is 1. The molecule has 3 rings (SSSR count). The van der Waals surface area contributed by atoms with Crippen LogP contribution in [0, 0.1) is 0 Å². The maximum Gasteiger partial charge on any atom is 0.341 e. The van der Waals surface area contributed by atoms with Crippen molar-refractivity contribution >= 4 is 11.8 Å². The molecule has 2 aromatic rings. The number of rotatable bonds is 2. The normalized spacial score (nSPS) is 17.9. The van der Waals surface area contributed by atoms with Gasteiger partial charge in [-0.25, -0.2) is 9.48 Å². The first kappa shape index (κ1) is 10.8. The zero-order chi connectivity index (χ0) is 12.5. The van der Waals surface area contributed by atoms with Crippen LogP contribution in [-0.4, -0.2) is 32.4 Å². The predicted octanol–water partition coefficient (Wildman–Crippen LogP) is 1.38. The Morgan fingerprint density at radius 1 is 1.50 bits per heavy atom. The SMILES string of the molecule is O=C(O)c1cnn2c1NCCC2c1ccccn1. The van der Waals surface area contributed by atoms with Gasteiger partial charge in [-0.1, -0.05) is 6.07 Å².